The number of hydrogen-bond acceptors (Lipinski definition) is 3. The zero-order chi connectivity index (χ0) is 15.9. The minimum Gasteiger partial charge on any atom is -0.357 e. The van der Waals surface area contributed by atoms with Crippen molar-refractivity contribution < 1.29 is 8.42 Å². The first-order chi connectivity index (χ1) is 9.84. The number of unbranched alkanes of at least 4 members (excludes halogenated alkanes) is 3. The summed E-state index contributed by atoms with van der Waals surface area (Å²) in [6.45, 7) is 10.5. The van der Waals surface area contributed by atoms with Gasteiger partial charge in [-0.05, 0) is 27.2 Å². The van der Waals surface area contributed by atoms with Crippen LogP contribution in [0.25, 0.3) is 0 Å². The fourth-order valence-corrected chi connectivity index (χ4v) is 3.84. The number of nitrogens with one attached hydrogen (secondary N) is 1. The molecule has 0 amide bonds. The first-order valence-electron chi connectivity index (χ1n) is 8.09. The van der Waals surface area contributed by atoms with E-state index in [1.54, 1.807) is 13.8 Å². The Labute approximate surface area is 153 Å². The molecule has 22 heavy (non-hydrogen) atoms. The van der Waals surface area contributed by atoms with E-state index in [4.69, 9.17) is 0 Å². The first-order valence-corrected chi connectivity index (χ1v) is 9.75. The SMILES string of the molecule is CCCCCCN=C(NCC)N1CCS(=O)(=O)C(C)(C)C1.I. The number of hydrogen-bond donors (Lipinski definition) is 1. The summed E-state index contributed by atoms with van der Waals surface area (Å²) in [7, 11) is -3.00. The molecule has 0 radical (unpaired) electrons. The van der Waals surface area contributed by atoms with Gasteiger partial charge in [-0.1, -0.05) is 26.2 Å². The maximum Gasteiger partial charge on any atom is 0.193 e. The van der Waals surface area contributed by atoms with Gasteiger partial charge in [0.2, 0.25) is 0 Å². The van der Waals surface area contributed by atoms with Gasteiger partial charge in [0.15, 0.2) is 15.8 Å². The third-order valence-corrected chi connectivity index (χ3v) is 6.48. The Kier molecular flexibility index (Phi) is 9.93. The maximum absolute atomic E-state index is 12.1. The van der Waals surface area contributed by atoms with Crippen LogP contribution in [0, 0.1) is 0 Å². The van der Waals surface area contributed by atoms with E-state index in [-0.39, 0.29) is 29.7 Å². The number of sulfone groups is 1. The maximum atomic E-state index is 12.1. The molecule has 1 fully saturated rings. The summed E-state index contributed by atoms with van der Waals surface area (Å²) in [5.41, 5.74) is 0. The van der Waals surface area contributed by atoms with Crippen molar-refractivity contribution in [1.29, 1.82) is 0 Å². The van der Waals surface area contributed by atoms with Gasteiger partial charge < -0.3 is 10.2 Å². The van der Waals surface area contributed by atoms with Gasteiger partial charge in [0.05, 0.1) is 10.5 Å². The third kappa shape index (κ3) is 6.22. The van der Waals surface area contributed by atoms with Crippen molar-refractivity contribution in [1.82, 2.24) is 10.2 Å². The Hall–Kier alpha value is -0.0500. The fourth-order valence-electron chi connectivity index (χ4n) is 2.47. The molecule has 132 valence electrons. The van der Waals surface area contributed by atoms with Gasteiger partial charge in [0.25, 0.3) is 0 Å². The molecular weight excluding hydrogens is 413 g/mol. The molecule has 0 aromatic rings. The highest BCUT2D eigenvalue weighted by atomic mass is 127. The highest BCUT2D eigenvalue weighted by Crippen LogP contribution is 2.23. The zero-order valence-corrected chi connectivity index (χ0v) is 17.5. The van der Waals surface area contributed by atoms with Crippen LogP contribution in [-0.4, -0.2) is 56.0 Å². The Bertz CT molecular complexity index is 450. The summed E-state index contributed by atoms with van der Waals surface area (Å²) < 4.78 is 23.4. The molecule has 1 rings (SSSR count). The average molecular weight is 445 g/mol. The monoisotopic (exact) mass is 445 g/mol. The van der Waals surface area contributed by atoms with Crippen LogP contribution in [0.4, 0.5) is 0 Å². The fraction of sp³-hybridized carbons (Fsp3) is 0.933. The van der Waals surface area contributed by atoms with Gasteiger partial charge in [-0.3, -0.25) is 4.99 Å². The standard InChI is InChI=1S/C15H31N3O2S.HI/c1-5-7-8-9-10-17-14(16-6-2)18-11-12-21(19,20)15(3,4)13-18;/h5-13H2,1-4H3,(H,16,17);1H. The lowest BCUT2D eigenvalue weighted by Crippen LogP contribution is -2.57. The summed E-state index contributed by atoms with van der Waals surface area (Å²) in [4.78, 5) is 6.75. The molecule has 0 atom stereocenters. The molecule has 7 heteroatoms. The summed E-state index contributed by atoms with van der Waals surface area (Å²) in [5.74, 6) is 1.07. The number of rotatable bonds is 6. The first kappa shape index (κ1) is 21.9. The van der Waals surface area contributed by atoms with Crippen LogP contribution in [0.3, 0.4) is 0 Å². The molecular formula is C15H32IN3O2S. The van der Waals surface area contributed by atoms with Crippen molar-refractivity contribution in [3.05, 3.63) is 0 Å². The minimum absolute atomic E-state index is 0. The van der Waals surface area contributed by atoms with Crippen molar-refractivity contribution in [2.45, 2.75) is 58.1 Å². The van der Waals surface area contributed by atoms with Gasteiger partial charge >= 0.3 is 0 Å². The molecule has 0 saturated carbocycles. The molecule has 0 aliphatic carbocycles. The molecule has 1 aliphatic heterocycles. The summed E-state index contributed by atoms with van der Waals surface area (Å²) >= 11 is 0. The van der Waals surface area contributed by atoms with Crippen LogP contribution >= 0.6 is 24.0 Å². The number of halogens is 1. The van der Waals surface area contributed by atoms with E-state index in [1.165, 1.54) is 19.3 Å². The number of nitrogens with zero attached hydrogens (tertiary/aromatic N) is 2. The topological polar surface area (TPSA) is 61.8 Å². The zero-order valence-electron chi connectivity index (χ0n) is 14.4. The van der Waals surface area contributed by atoms with Crippen molar-refractivity contribution >= 4 is 39.8 Å². The molecule has 0 aromatic carbocycles. The Morgan fingerprint density at radius 2 is 1.91 bits per heavy atom. The molecule has 5 nitrogen and oxygen atoms in total. The predicted octanol–water partition coefficient (Wildman–Crippen LogP) is 2.66. The van der Waals surface area contributed by atoms with E-state index >= 15 is 0 Å². The molecule has 0 spiro atoms. The second kappa shape index (κ2) is 9.95. The summed E-state index contributed by atoms with van der Waals surface area (Å²) in [6.07, 6.45) is 4.78. The highest BCUT2D eigenvalue weighted by Gasteiger charge is 2.40. The number of guanidine groups is 1. The van der Waals surface area contributed by atoms with Gasteiger partial charge in [-0.25, -0.2) is 8.42 Å². The molecule has 0 unspecified atom stereocenters. The Morgan fingerprint density at radius 1 is 1.23 bits per heavy atom. The molecule has 1 saturated heterocycles. The van der Waals surface area contributed by atoms with Crippen LogP contribution in [0.2, 0.25) is 0 Å². The lowest BCUT2D eigenvalue weighted by Gasteiger charge is -2.39. The second-order valence-electron chi connectivity index (χ2n) is 6.30. The van der Waals surface area contributed by atoms with Gasteiger partial charge in [0.1, 0.15) is 0 Å². The number of aliphatic imine (C=N–C) groups is 1. The van der Waals surface area contributed by atoms with Crippen LogP contribution in [0.1, 0.15) is 53.4 Å². The quantitative estimate of drug-likeness (QED) is 0.296. The average Bonchev–Trinajstić information content (AvgIpc) is 2.40. The Morgan fingerprint density at radius 3 is 2.45 bits per heavy atom. The van der Waals surface area contributed by atoms with Crippen LogP contribution in [-0.2, 0) is 9.84 Å². The smallest absolute Gasteiger partial charge is 0.193 e. The molecule has 1 heterocycles. The molecule has 1 aliphatic rings. The van der Waals surface area contributed by atoms with Gasteiger partial charge in [0, 0.05) is 26.2 Å². The van der Waals surface area contributed by atoms with Crippen molar-refractivity contribution in [3.63, 3.8) is 0 Å². The van der Waals surface area contributed by atoms with E-state index in [0.717, 1.165) is 25.5 Å². The normalized spacial score (nSPS) is 20.4. The predicted molar refractivity (Wildman–Crippen MR) is 105 cm³/mol. The third-order valence-electron chi connectivity index (χ3n) is 3.95. The molecule has 1 N–H and O–H groups in total. The largest absolute Gasteiger partial charge is 0.357 e. The summed E-state index contributed by atoms with van der Waals surface area (Å²) in [5, 5.41) is 3.29. The van der Waals surface area contributed by atoms with E-state index in [1.807, 2.05) is 6.92 Å². The van der Waals surface area contributed by atoms with E-state index in [2.05, 4.69) is 22.1 Å². The van der Waals surface area contributed by atoms with Crippen LogP contribution in [0.5, 0.6) is 0 Å². The Balaban J connectivity index is 0.00000441. The van der Waals surface area contributed by atoms with Crippen molar-refractivity contribution in [2.75, 3.05) is 31.9 Å². The van der Waals surface area contributed by atoms with E-state index in [0.29, 0.717) is 13.1 Å². The van der Waals surface area contributed by atoms with Crippen molar-refractivity contribution in [3.8, 4) is 0 Å². The lowest BCUT2D eigenvalue weighted by molar-refractivity contribution is 0.353. The lowest BCUT2D eigenvalue weighted by atomic mass is 10.2. The van der Waals surface area contributed by atoms with E-state index < -0.39 is 14.6 Å². The molecule has 0 aromatic heterocycles. The summed E-state index contributed by atoms with van der Waals surface area (Å²) in [6, 6.07) is 0. The molecule has 0 bridgehead atoms. The van der Waals surface area contributed by atoms with Crippen LogP contribution in [0.15, 0.2) is 4.99 Å². The van der Waals surface area contributed by atoms with E-state index in [9.17, 15) is 8.42 Å². The minimum atomic E-state index is -3.00. The van der Waals surface area contributed by atoms with Gasteiger partial charge in [-0.2, -0.15) is 0 Å². The highest BCUT2D eigenvalue weighted by molar-refractivity contribution is 14.0. The van der Waals surface area contributed by atoms with Gasteiger partial charge in [-0.15, -0.1) is 24.0 Å². The van der Waals surface area contributed by atoms with Crippen molar-refractivity contribution in [2.24, 2.45) is 4.99 Å². The second-order valence-corrected chi connectivity index (χ2v) is 9.04. The van der Waals surface area contributed by atoms with Crippen LogP contribution < -0.4 is 5.32 Å².